The number of primary amides is 1. The van der Waals surface area contributed by atoms with E-state index in [-0.39, 0.29) is 29.3 Å². The van der Waals surface area contributed by atoms with E-state index in [1.807, 2.05) is 12.3 Å². The van der Waals surface area contributed by atoms with E-state index in [1.54, 1.807) is 12.3 Å². The Kier molecular flexibility index (Phi) is 7.82. The first-order chi connectivity index (χ1) is 16.9. The number of likely N-dealkylation sites (N-methyl/N-ethyl adjacent to an activating group) is 1. The maximum Gasteiger partial charge on any atom is 0.252 e. The number of hydrogen-bond donors (Lipinski definition) is 4. The zero-order chi connectivity index (χ0) is 24.9. The SMILES string of the molecule is CCN(CC)CCn1ccc2c(Nc3nc(N[C@@H]4CCCC[C@@H]4N)c(F)cc3C(N)=O)ccnc21. The number of fused-ring (bicyclic) bond motifs is 1. The van der Waals surface area contributed by atoms with Crippen LogP contribution >= 0.6 is 0 Å². The summed E-state index contributed by atoms with van der Waals surface area (Å²) in [5, 5.41) is 7.22. The van der Waals surface area contributed by atoms with E-state index in [4.69, 9.17) is 11.5 Å². The van der Waals surface area contributed by atoms with Crippen molar-refractivity contribution in [1.29, 1.82) is 0 Å². The molecule has 4 rings (SSSR count). The topological polar surface area (TPSA) is 127 Å². The Morgan fingerprint density at radius 2 is 2.00 bits per heavy atom. The highest BCUT2D eigenvalue weighted by molar-refractivity contribution is 6.00. The number of anilines is 3. The first kappa shape index (κ1) is 24.9. The Morgan fingerprint density at radius 3 is 2.71 bits per heavy atom. The summed E-state index contributed by atoms with van der Waals surface area (Å²) in [6.45, 7) is 8.00. The molecule has 9 nitrogen and oxygen atoms in total. The van der Waals surface area contributed by atoms with Gasteiger partial charge in [-0.1, -0.05) is 26.7 Å². The first-order valence-corrected chi connectivity index (χ1v) is 12.4. The fraction of sp³-hybridized carbons (Fsp3) is 0.480. The van der Waals surface area contributed by atoms with Gasteiger partial charge in [-0.05, 0) is 44.1 Å². The van der Waals surface area contributed by atoms with Crippen molar-refractivity contribution in [3.05, 3.63) is 42.0 Å². The molecule has 35 heavy (non-hydrogen) atoms. The van der Waals surface area contributed by atoms with Gasteiger partial charge in [0.2, 0.25) is 0 Å². The third-order valence-electron chi connectivity index (χ3n) is 6.85. The van der Waals surface area contributed by atoms with E-state index >= 15 is 0 Å². The van der Waals surface area contributed by atoms with Crippen LogP contribution in [-0.4, -0.2) is 57.1 Å². The van der Waals surface area contributed by atoms with Gasteiger partial charge in [-0.3, -0.25) is 4.79 Å². The van der Waals surface area contributed by atoms with Crippen LogP contribution in [0.15, 0.2) is 30.6 Å². The van der Waals surface area contributed by atoms with Gasteiger partial charge in [0.05, 0.1) is 11.3 Å². The number of pyridine rings is 2. The summed E-state index contributed by atoms with van der Waals surface area (Å²) < 4.78 is 17.0. The van der Waals surface area contributed by atoms with Gasteiger partial charge in [0.25, 0.3) is 5.91 Å². The monoisotopic (exact) mass is 482 g/mol. The Bertz CT molecular complexity index is 1180. The highest BCUT2D eigenvalue weighted by Crippen LogP contribution is 2.30. The lowest BCUT2D eigenvalue weighted by molar-refractivity contribution is 0.100. The van der Waals surface area contributed by atoms with Crippen LogP contribution in [0, 0.1) is 5.82 Å². The molecule has 6 N–H and O–H groups in total. The van der Waals surface area contributed by atoms with Gasteiger partial charge < -0.3 is 31.6 Å². The number of carbonyl (C=O) groups excluding carboxylic acids is 1. The summed E-state index contributed by atoms with van der Waals surface area (Å²) in [5.74, 6) is -1.15. The summed E-state index contributed by atoms with van der Waals surface area (Å²) in [5.41, 5.74) is 13.3. The van der Waals surface area contributed by atoms with Crippen molar-refractivity contribution >= 4 is 34.3 Å². The van der Waals surface area contributed by atoms with Crippen LogP contribution in [0.3, 0.4) is 0 Å². The maximum atomic E-state index is 14.9. The Labute approximate surface area is 205 Å². The maximum absolute atomic E-state index is 14.9. The normalized spacial score (nSPS) is 18.2. The number of halogens is 1. The zero-order valence-electron chi connectivity index (χ0n) is 20.4. The predicted molar refractivity (Wildman–Crippen MR) is 137 cm³/mol. The number of nitrogens with one attached hydrogen (secondary N) is 2. The first-order valence-electron chi connectivity index (χ1n) is 12.4. The van der Waals surface area contributed by atoms with E-state index in [2.05, 4.69) is 43.9 Å². The molecule has 1 aliphatic rings. The van der Waals surface area contributed by atoms with Gasteiger partial charge in [0.1, 0.15) is 11.5 Å². The largest absolute Gasteiger partial charge is 0.365 e. The van der Waals surface area contributed by atoms with E-state index in [9.17, 15) is 9.18 Å². The lowest BCUT2D eigenvalue weighted by Gasteiger charge is -2.30. The summed E-state index contributed by atoms with van der Waals surface area (Å²) in [6, 6.07) is 4.75. The molecule has 188 valence electrons. The lowest BCUT2D eigenvalue weighted by atomic mass is 9.91. The van der Waals surface area contributed by atoms with Crippen LogP contribution in [0.25, 0.3) is 11.0 Å². The molecule has 0 unspecified atom stereocenters. The highest BCUT2D eigenvalue weighted by atomic mass is 19.1. The third kappa shape index (κ3) is 5.54. The molecule has 0 bridgehead atoms. The number of nitrogens with two attached hydrogens (primary N) is 2. The molecule has 3 aromatic heterocycles. The fourth-order valence-electron chi connectivity index (χ4n) is 4.68. The van der Waals surface area contributed by atoms with Crippen molar-refractivity contribution in [2.75, 3.05) is 30.3 Å². The minimum atomic E-state index is -0.762. The molecule has 1 fully saturated rings. The highest BCUT2D eigenvalue weighted by Gasteiger charge is 2.24. The van der Waals surface area contributed by atoms with Gasteiger partial charge >= 0.3 is 0 Å². The van der Waals surface area contributed by atoms with E-state index in [0.29, 0.717) is 5.69 Å². The van der Waals surface area contributed by atoms with Gasteiger partial charge in [-0.25, -0.2) is 14.4 Å². The van der Waals surface area contributed by atoms with Crippen molar-refractivity contribution in [2.45, 2.75) is 58.2 Å². The van der Waals surface area contributed by atoms with E-state index in [0.717, 1.165) is 69.0 Å². The van der Waals surface area contributed by atoms with E-state index < -0.39 is 11.7 Å². The molecule has 3 heterocycles. The van der Waals surface area contributed by atoms with Crippen molar-refractivity contribution in [3.8, 4) is 0 Å². The molecular formula is C25H35FN8O. The molecule has 10 heteroatoms. The van der Waals surface area contributed by atoms with Crippen molar-refractivity contribution in [2.24, 2.45) is 11.5 Å². The minimum absolute atomic E-state index is 0.0214. The number of nitrogens with zero attached hydrogens (tertiary/aromatic N) is 4. The van der Waals surface area contributed by atoms with Crippen LogP contribution in [-0.2, 0) is 6.54 Å². The Morgan fingerprint density at radius 1 is 1.23 bits per heavy atom. The minimum Gasteiger partial charge on any atom is -0.365 e. The molecule has 1 aliphatic carbocycles. The Hall–Kier alpha value is -3.24. The molecule has 2 atom stereocenters. The summed E-state index contributed by atoms with van der Waals surface area (Å²) in [7, 11) is 0. The number of hydrogen-bond acceptors (Lipinski definition) is 7. The standard InChI is InChI=1S/C25H35FN8O/c1-3-33(4-2)13-14-34-12-10-16-20(9-11-29-25(16)34)30-23-17(22(28)35)15-18(26)24(32-23)31-21-8-6-5-7-19(21)27/h9-12,15,19,21H,3-8,13-14,27H2,1-2H3,(H2,28,35)(H2,29,30,31,32)/t19-,21+/m0/s1. The van der Waals surface area contributed by atoms with E-state index in [1.165, 1.54) is 0 Å². The van der Waals surface area contributed by atoms with Crippen LogP contribution in [0.5, 0.6) is 0 Å². The fourth-order valence-corrected chi connectivity index (χ4v) is 4.68. The van der Waals surface area contributed by atoms with Gasteiger partial charge in [0.15, 0.2) is 11.6 Å². The summed E-state index contributed by atoms with van der Waals surface area (Å²) in [4.78, 5) is 23.4. The van der Waals surface area contributed by atoms with Gasteiger partial charge in [-0.2, -0.15) is 0 Å². The molecule has 1 saturated carbocycles. The molecular weight excluding hydrogens is 447 g/mol. The van der Waals surface area contributed by atoms with Gasteiger partial charge in [0, 0.05) is 43.0 Å². The Balaban J connectivity index is 1.63. The van der Waals surface area contributed by atoms with Crippen LogP contribution in [0.4, 0.5) is 21.7 Å². The quantitative estimate of drug-likeness (QED) is 0.349. The average Bonchev–Trinajstić information content (AvgIpc) is 3.27. The van der Waals surface area contributed by atoms with Crippen molar-refractivity contribution < 1.29 is 9.18 Å². The number of amides is 1. The molecule has 0 saturated heterocycles. The molecule has 0 aliphatic heterocycles. The predicted octanol–water partition coefficient (Wildman–Crippen LogP) is 3.44. The second-order valence-electron chi connectivity index (χ2n) is 9.04. The number of carbonyl (C=O) groups is 1. The number of rotatable bonds is 10. The number of aromatic nitrogens is 3. The lowest BCUT2D eigenvalue weighted by Crippen LogP contribution is -2.43. The zero-order valence-corrected chi connectivity index (χ0v) is 20.4. The second-order valence-corrected chi connectivity index (χ2v) is 9.04. The second kappa shape index (κ2) is 11.0. The molecule has 1 amide bonds. The summed E-state index contributed by atoms with van der Waals surface area (Å²) in [6.07, 6.45) is 7.51. The molecule has 3 aromatic rings. The van der Waals surface area contributed by atoms with Crippen LogP contribution in [0.1, 0.15) is 49.9 Å². The smallest absolute Gasteiger partial charge is 0.252 e. The molecule has 0 aromatic carbocycles. The van der Waals surface area contributed by atoms with Crippen LogP contribution in [0.2, 0.25) is 0 Å². The van der Waals surface area contributed by atoms with Crippen LogP contribution < -0.4 is 22.1 Å². The van der Waals surface area contributed by atoms with Crippen molar-refractivity contribution in [1.82, 2.24) is 19.4 Å². The average molecular weight is 483 g/mol. The van der Waals surface area contributed by atoms with Crippen molar-refractivity contribution in [3.63, 3.8) is 0 Å². The molecule has 0 radical (unpaired) electrons. The van der Waals surface area contributed by atoms with Gasteiger partial charge in [-0.15, -0.1) is 0 Å². The third-order valence-corrected chi connectivity index (χ3v) is 6.85. The summed E-state index contributed by atoms with van der Waals surface area (Å²) >= 11 is 0. The molecule has 0 spiro atoms.